The summed E-state index contributed by atoms with van der Waals surface area (Å²) in [6.45, 7) is 2.63. The third-order valence-electron chi connectivity index (χ3n) is 4.52. The van der Waals surface area contributed by atoms with Crippen LogP contribution in [0.3, 0.4) is 0 Å². The first-order chi connectivity index (χ1) is 10.3. The van der Waals surface area contributed by atoms with Crippen LogP contribution >= 0.6 is 0 Å². The molecule has 21 heavy (non-hydrogen) atoms. The molecule has 0 spiro atoms. The standard InChI is InChI=1S/C18H24N2O/c1-20(15-9-11-21-12-10-15)13-18(19)17-8-4-6-14-5-2-3-7-16(14)17/h2-8,15,18H,9-13,19H2,1H3. The van der Waals surface area contributed by atoms with E-state index in [2.05, 4.69) is 54.4 Å². The SMILES string of the molecule is CN(CC(N)c1cccc2ccccc12)C1CCOCC1. The smallest absolute Gasteiger partial charge is 0.0480 e. The summed E-state index contributed by atoms with van der Waals surface area (Å²) in [4.78, 5) is 2.40. The fourth-order valence-corrected chi connectivity index (χ4v) is 3.26. The highest BCUT2D eigenvalue weighted by molar-refractivity contribution is 5.86. The second-order valence-corrected chi connectivity index (χ2v) is 5.96. The Hall–Kier alpha value is -1.42. The molecule has 1 aliphatic rings. The largest absolute Gasteiger partial charge is 0.381 e. The lowest BCUT2D eigenvalue weighted by Gasteiger charge is -2.33. The second kappa shape index (κ2) is 6.56. The molecule has 0 radical (unpaired) electrons. The van der Waals surface area contributed by atoms with E-state index in [1.165, 1.54) is 16.3 Å². The van der Waals surface area contributed by atoms with Crippen LogP contribution in [0, 0.1) is 0 Å². The van der Waals surface area contributed by atoms with Gasteiger partial charge in [-0.25, -0.2) is 0 Å². The predicted molar refractivity (Wildman–Crippen MR) is 87.3 cm³/mol. The number of nitrogens with two attached hydrogens (primary N) is 1. The van der Waals surface area contributed by atoms with Gasteiger partial charge >= 0.3 is 0 Å². The molecule has 3 heteroatoms. The molecule has 0 aliphatic carbocycles. The molecule has 1 atom stereocenters. The van der Waals surface area contributed by atoms with Gasteiger partial charge in [0.15, 0.2) is 0 Å². The van der Waals surface area contributed by atoms with Gasteiger partial charge in [-0.2, -0.15) is 0 Å². The third kappa shape index (κ3) is 3.26. The molecule has 2 aromatic carbocycles. The Labute approximate surface area is 126 Å². The van der Waals surface area contributed by atoms with Crippen molar-refractivity contribution in [2.75, 3.05) is 26.8 Å². The van der Waals surface area contributed by atoms with Gasteiger partial charge in [-0.1, -0.05) is 42.5 Å². The highest BCUT2D eigenvalue weighted by Crippen LogP contribution is 2.24. The second-order valence-electron chi connectivity index (χ2n) is 5.96. The quantitative estimate of drug-likeness (QED) is 0.938. The van der Waals surface area contributed by atoms with Crippen molar-refractivity contribution in [3.05, 3.63) is 48.0 Å². The van der Waals surface area contributed by atoms with E-state index in [-0.39, 0.29) is 6.04 Å². The maximum absolute atomic E-state index is 6.50. The molecule has 2 N–H and O–H groups in total. The normalized spacial score (nSPS) is 18.2. The topological polar surface area (TPSA) is 38.5 Å². The highest BCUT2D eigenvalue weighted by Gasteiger charge is 2.21. The van der Waals surface area contributed by atoms with Crippen molar-refractivity contribution >= 4 is 10.8 Å². The zero-order chi connectivity index (χ0) is 14.7. The number of fused-ring (bicyclic) bond motifs is 1. The third-order valence-corrected chi connectivity index (χ3v) is 4.52. The number of ether oxygens (including phenoxy) is 1. The number of likely N-dealkylation sites (N-methyl/N-ethyl adjacent to an activating group) is 1. The predicted octanol–water partition coefficient (Wildman–Crippen LogP) is 2.95. The molecular weight excluding hydrogens is 260 g/mol. The molecule has 1 heterocycles. The molecule has 112 valence electrons. The number of nitrogens with zero attached hydrogens (tertiary/aromatic N) is 1. The van der Waals surface area contributed by atoms with Crippen LogP contribution in [0.25, 0.3) is 10.8 Å². The Morgan fingerprint density at radius 2 is 1.86 bits per heavy atom. The zero-order valence-electron chi connectivity index (χ0n) is 12.7. The van der Waals surface area contributed by atoms with Crippen molar-refractivity contribution in [2.45, 2.75) is 24.9 Å². The monoisotopic (exact) mass is 284 g/mol. The van der Waals surface area contributed by atoms with E-state index in [4.69, 9.17) is 10.5 Å². The van der Waals surface area contributed by atoms with E-state index in [9.17, 15) is 0 Å². The highest BCUT2D eigenvalue weighted by atomic mass is 16.5. The maximum atomic E-state index is 6.50. The van der Waals surface area contributed by atoms with Crippen LogP contribution < -0.4 is 5.73 Å². The minimum Gasteiger partial charge on any atom is -0.381 e. The van der Waals surface area contributed by atoms with Gasteiger partial charge < -0.3 is 15.4 Å². The molecule has 2 aromatic rings. The minimum atomic E-state index is 0.0453. The van der Waals surface area contributed by atoms with Crippen LogP contribution in [0.15, 0.2) is 42.5 Å². The van der Waals surface area contributed by atoms with Gasteiger partial charge in [0, 0.05) is 31.8 Å². The maximum Gasteiger partial charge on any atom is 0.0480 e. The number of hydrogen-bond acceptors (Lipinski definition) is 3. The Morgan fingerprint density at radius 1 is 1.14 bits per heavy atom. The first kappa shape index (κ1) is 14.5. The van der Waals surface area contributed by atoms with E-state index < -0.39 is 0 Å². The van der Waals surface area contributed by atoms with Crippen LogP contribution in [0.2, 0.25) is 0 Å². The fraction of sp³-hybridized carbons (Fsp3) is 0.444. The molecule has 3 rings (SSSR count). The average Bonchev–Trinajstić information content (AvgIpc) is 2.55. The number of rotatable bonds is 4. The van der Waals surface area contributed by atoms with Crippen molar-refractivity contribution in [3.8, 4) is 0 Å². The average molecular weight is 284 g/mol. The van der Waals surface area contributed by atoms with Crippen LogP contribution in [0.5, 0.6) is 0 Å². The molecule has 0 amide bonds. The van der Waals surface area contributed by atoms with Crippen molar-refractivity contribution < 1.29 is 4.74 Å². The van der Waals surface area contributed by atoms with Crippen molar-refractivity contribution in [3.63, 3.8) is 0 Å². The molecule has 1 unspecified atom stereocenters. The minimum absolute atomic E-state index is 0.0453. The van der Waals surface area contributed by atoms with Crippen LogP contribution in [-0.2, 0) is 4.74 Å². The summed E-state index contributed by atoms with van der Waals surface area (Å²) in [5.41, 5.74) is 7.74. The Balaban J connectivity index is 1.75. The van der Waals surface area contributed by atoms with E-state index in [1.54, 1.807) is 0 Å². The van der Waals surface area contributed by atoms with Crippen LogP contribution in [-0.4, -0.2) is 37.7 Å². The molecule has 0 saturated carbocycles. The Bertz CT molecular complexity index is 587. The first-order valence-corrected chi connectivity index (χ1v) is 7.77. The van der Waals surface area contributed by atoms with E-state index >= 15 is 0 Å². The first-order valence-electron chi connectivity index (χ1n) is 7.77. The van der Waals surface area contributed by atoms with Gasteiger partial charge in [-0.15, -0.1) is 0 Å². The summed E-state index contributed by atoms with van der Waals surface area (Å²) in [5, 5.41) is 2.53. The van der Waals surface area contributed by atoms with Crippen LogP contribution in [0.1, 0.15) is 24.4 Å². The number of hydrogen-bond donors (Lipinski definition) is 1. The summed E-state index contributed by atoms with van der Waals surface area (Å²) in [6.07, 6.45) is 2.22. The fourth-order valence-electron chi connectivity index (χ4n) is 3.26. The lowest BCUT2D eigenvalue weighted by atomic mass is 9.98. The summed E-state index contributed by atoms with van der Waals surface area (Å²) in [5.74, 6) is 0. The molecule has 1 saturated heterocycles. The molecule has 0 bridgehead atoms. The van der Waals surface area contributed by atoms with Crippen molar-refractivity contribution in [2.24, 2.45) is 5.73 Å². The molecule has 1 fully saturated rings. The summed E-state index contributed by atoms with van der Waals surface area (Å²) in [6, 6.07) is 15.5. The van der Waals surface area contributed by atoms with E-state index in [0.717, 1.165) is 32.6 Å². The summed E-state index contributed by atoms with van der Waals surface area (Å²) < 4.78 is 5.44. The van der Waals surface area contributed by atoms with Gasteiger partial charge in [0.2, 0.25) is 0 Å². The molecule has 0 aromatic heterocycles. The molecule has 3 nitrogen and oxygen atoms in total. The van der Waals surface area contributed by atoms with Gasteiger partial charge in [-0.3, -0.25) is 0 Å². The summed E-state index contributed by atoms with van der Waals surface area (Å²) >= 11 is 0. The van der Waals surface area contributed by atoms with Gasteiger partial charge in [-0.05, 0) is 36.2 Å². The molecule has 1 aliphatic heterocycles. The van der Waals surface area contributed by atoms with E-state index in [0.29, 0.717) is 6.04 Å². The Morgan fingerprint density at radius 3 is 2.67 bits per heavy atom. The summed E-state index contributed by atoms with van der Waals surface area (Å²) in [7, 11) is 2.18. The lowest BCUT2D eigenvalue weighted by molar-refractivity contribution is 0.0414. The van der Waals surface area contributed by atoms with Gasteiger partial charge in [0.05, 0.1) is 0 Å². The van der Waals surface area contributed by atoms with Crippen molar-refractivity contribution in [1.82, 2.24) is 4.90 Å². The molecular formula is C18H24N2O. The van der Waals surface area contributed by atoms with Gasteiger partial charge in [0.25, 0.3) is 0 Å². The number of benzene rings is 2. The van der Waals surface area contributed by atoms with Gasteiger partial charge in [0.1, 0.15) is 0 Å². The zero-order valence-corrected chi connectivity index (χ0v) is 12.7. The van der Waals surface area contributed by atoms with Crippen LogP contribution in [0.4, 0.5) is 0 Å². The van der Waals surface area contributed by atoms with Crippen molar-refractivity contribution in [1.29, 1.82) is 0 Å². The van der Waals surface area contributed by atoms with E-state index in [1.807, 2.05) is 0 Å². The Kier molecular flexibility index (Phi) is 4.54. The lowest BCUT2D eigenvalue weighted by Crippen LogP contribution is -2.40.